The molecule has 0 aliphatic carbocycles. The average Bonchev–Trinajstić information content (AvgIpc) is 2.92. The molecule has 27 heavy (non-hydrogen) atoms. The molecule has 0 radical (unpaired) electrons. The highest BCUT2D eigenvalue weighted by Gasteiger charge is 2.49. The third-order valence-corrected chi connectivity index (χ3v) is 6.56. The van der Waals surface area contributed by atoms with Crippen LogP contribution in [0, 0.1) is 0 Å². The number of carbonyl (C=O) groups excluding carboxylic acids is 2. The van der Waals surface area contributed by atoms with Crippen molar-refractivity contribution in [3.05, 3.63) is 59.7 Å². The molecule has 2 aliphatic rings. The Morgan fingerprint density at radius 1 is 1.11 bits per heavy atom. The van der Waals surface area contributed by atoms with Crippen LogP contribution in [0.25, 0.3) is 0 Å². The number of sulfone groups is 1. The van der Waals surface area contributed by atoms with Gasteiger partial charge in [-0.05, 0) is 48.7 Å². The molecular formula is C20H20N2O4S. The maximum atomic E-state index is 13.0. The zero-order chi connectivity index (χ0) is 19.2. The summed E-state index contributed by atoms with van der Waals surface area (Å²) < 4.78 is 23.2. The highest BCUT2D eigenvalue weighted by Crippen LogP contribution is 2.43. The number of benzene rings is 2. The lowest BCUT2D eigenvalue weighted by molar-refractivity contribution is -0.122. The number of para-hydroxylation sites is 1. The molecule has 0 saturated carbocycles. The molecule has 4 rings (SSSR count). The minimum absolute atomic E-state index is 0.0615. The molecule has 7 heteroatoms. The molecule has 2 amide bonds. The van der Waals surface area contributed by atoms with E-state index in [0.29, 0.717) is 25.1 Å². The number of rotatable bonds is 2. The van der Waals surface area contributed by atoms with Crippen LogP contribution in [-0.2, 0) is 20.0 Å². The highest BCUT2D eigenvalue weighted by molar-refractivity contribution is 7.90. The molecule has 0 bridgehead atoms. The zero-order valence-corrected chi connectivity index (χ0v) is 15.8. The third kappa shape index (κ3) is 2.92. The predicted molar refractivity (Wildman–Crippen MR) is 101 cm³/mol. The second-order valence-electron chi connectivity index (χ2n) is 7.21. The maximum absolute atomic E-state index is 13.0. The zero-order valence-electron chi connectivity index (χ0n) is 14.9. The molecule has 2 heterocycles. The van der Waals surface area contributed by atoms with E-state index in [-0.39, 0.29) is 16.7 Å². The fourth-order valence-electron chi connectivity index (χ4n) is 4.04. The Morgan fingerprint density at radius 2 is 1.81 bits per heavy atom. The molecule has 0 aromatic heterocycles. The van der Waals surface area contributed by atoms with Crippen LogP contribution in [0.1, 0.15) is 28.8 Å². The van der Waals surface area contributed by atoms with E-state index in [4.69, 9.17) is 0 Å². The van der Waals surface area contributed by atoms with Crippen LogP contribution < -0.4 is 5.32 Å². The van der Waals surface area contributed by atoms with Gasteiger partial charge in [-0.25, -0.2) is 8.42 Å². The van der Waals surface area contributed by atoms with Crippen molar-refractivity contribution in [1.29, 1.82) is 0 Å². The van der Waals surface area contributed by atoms with Gasteiger partial charge in [-0.15, -0.1) is 0 Å². The predicted octanol–water partition coefficient (Wildman–Crippen LogP) is 2.22. The highest BCUT2D eigenvalue weighted by atomic mass is 32.2. The first-order chi connectivity index (χ1) is 12.8. The quantitative estimate of drug-likeness (QED) is 0.861. The van der Waals surface area contributed by atoms with Crippen LogP contribution in [-0.4, -0.2) is 44.5 Å². The molecule has 2 aromatic rings. The largest absolute Gasteiger partial charge is 0.337 e. The van der Waals surface area contributed by atoms with Crippen LogP contribution in [0.2, 0.25) is 0 Å². The summed E-state index contributed by atoms with van der Waals surface area (Å²) in [6.45, 7) is 0.895. The van der Waals surface area contributed by atoms with Crippen LogP contribution >= 0.6 is 0 Å². The van der Waals surface area contributed by atoms with Crippen LogP contribution in [0.15, 0.2) is 53.4 Å². The minimum Gasteiger partial charge on any atom is -0.337 e. The van der Waals surface area contributed by atoms with Crippen molar-refractivity contribution in [3.8, 4) is 0 Å². The van der Waals surface area contributed by atoms with E-state index < -0.39 is 15.3 Å². The molecule has 140 valence electrons. The first-order valence-electron chi connectivity index (χ1n) is 8.82. The topological polar surface area (TPSA) is 83.6 Å². The van der Waals surface area contributed by atoms with E-state index >= 15 is 0 Å². The second-order valence-corrected chi connectivity index (χ2v) is 9.22. The Kier molecular flexibility index (Phi) is 4.07. The molecule has 1 saturated heterocycles. The van der Waals surface area contributed by atoms with Crippen LogP contribution in [0.3, 0.4) is 0 Å². The first-order valence-corrected chi connectivity index (χ1v) is 10.7. The van der Waals surface area contributed by atoms with Crippen molar-refractivity contribution in [2.75, 3.05) is 24.7 Å². The summed E-state index contributed by atoms with van der Waals surface area (Å²) in [5.41, 5.74) is 1.47. The van der Waals surface area contributed by atoms with Gasteiger partial charge in [0.2, 0.25) is 5.91 Å². The minimum atomic E-state index is -3.31. The van der Waals surface area contributed by atoms with E-state index in [1.54, 1.807) is 4.90 Å². The normalized spacial score (nSPS) is 21.8. The molecule has 1 N–H and O–H groups in total. The molecule has 2 aromatic carbocycles. The molecule has 1 atom stereocenters. The van der Waals surface area contributed by atoms with Gasteiger partial charge >= 0.3 is 0 Å². The number of piperidine rings is 1. The fraction of sp³-hybridized carbons (Fsp3) is 0.300. The fourth-order valence-corrected chi connectivity index (χ4v) is 4.67. The monoisotopic (exact) mass is 384 g/mol. The molecule has 1 fully saturated rings. The van der Waals surface area contributed by atoms with Gasteiger partial charge in [0.15, 0.2) is 9.84 Å². The van der Waals surface area contributed by atoms with Crippen LogP contribution in [0.5, 0.6) is 0 Å². The molecule has 2 aliphatic heterocycles. The van der Waals surface area contributed by atoms with Crippen molar-refractivity contribution in [2.24, 2.45) is 0 Å². The van der Waals surface area contributed by atoms with Gasteiger partial charge in [-0.1, -0.05) is 18.2 Å². The summed E-state index contributed by atoms with van der Waals surface area (Å²) in [5, 5.41) is 2.94. The van der Waals surface area contributed by atoms with Crippen molar-refractivity contribution in [3.63, 3.8) is 0 Å². The number of amides is 2. The van der Waals surface area contributed by atoms with Crippen molar-refractivity contribution < 1.29 is 18.0 Å². The van der Waals surface area contributed by atoms with E-state index in [0.717, 1.165) is 23.9 Å². The summed E-state index contributed by atoms with van der Waals surface area (Å²) in [5.74, 6) is -0.250. The lowest BCUT2D eigenvalue weighted by Gasteiger charge is -2.39. The summed E-state index contributed by atoms with van der Waals surface area (Å²) >= 11 is 0. The average molecular weight is 384 g/mol. The molecular weight excluding hydrogens is 364 g/mol. The van der Waals surface area contributed by atoms with Crippen molar-refractivity contribution in [1.82, 2.24) is 4.90 Å². The summed E-state index contributed by atoms with van der Waals surface area (Å²) in [7, 11) is -3.31. The van der Waals surface area contributed by atoms with E-state index in [1.807, 2.05) is 24.3 Å². The Bertz CT molecular complexity index is 1030. The second kappa shape index (κ2) is 6.20. The Morgan fingerprint density at radius 3 is 2.52 bits per heavy atom. The number of likely N-dealkylation sites (tertiary alicyclic amines) is 1. The lowest BCUT2D eigenvalue weighted by atomic mass is 9.75. The molecule has 1 unspecified atom stereocenters. The number of anilines is 1. The summed E-state index contributed by atoms with van der Waals surface area (Å²) in [4.78, 5) is 27.6. The first kappa shape index (κ1) is 17.7. The van der Waals surface area contributed by atoms with E-state index in [9.17, 15) is 18.0 Å². The van der Waals surface area contributed by atoms with Crippen LogP contribution in [0.4, 0.5) is 5.69 Å². The smallest absolute Gasteiger partial charge is 0.253 e. The Balaban J connectivity index is 1.62. The summed E-state index contributed by atoms with van der Waals surface area (Å²) in [6.07, 6.45) is 2.57. The van der Waals surface area contributed by atoms with Gasteiger partial charge in [-0.3, -0.25) is 9.59 Å². The number of nitrogens with one attached hydrogen (secondary N) is 1. The number of nitrogens with zero attached hydrogens (tertiary/aromatic N) is 1. The van der Waals surface area contributed by atoms with Gasteiger partial charge in [0.25, 0.3) is 5.91 Å². The molecule has 6 nitrogen and oxygen atoms in total. The number of carbonyl (C=O) groups is 2. The third-order valence-electron chi connectivity index (χ3n) is 5.43. The maximum Gasteiger partial charge on any atom is 0.253 e. The standard InChI is InChI=1S/C20H20N2O4S/c1-27(25,26)15-9-7-14(8-10-15)18(23)22-12-4-11-20(13-22)16-5-2-3-6-17(16)21-19(20)24/h2-3,5-10H,4,11-13H2,1H3,(H,21,24). The number of hydrogen-bond acceptors (Lipinski definition) is 4. The van der Waals surface area contributed by atoms with Gasteiger partial charge in [0.1, 0.15) is 0 Å². The van der Waals surface area contributed by atoms with Gasteiger partial charge in [-0.2, -0.15) is 0 Å². The van der Waals surface area contributed by atoms with Gasteiger partial charge < -0.3 is 10.2 Å². The van der Waals surface area contributed by atoms with E-state index in [2.05, 4.69) is 5.32 Å². The van der Waals surface area contributed by atoms with Crippen molar-refractivity contribution >= 4 is 27.3 Å². The number of fused-ring (bicyclic) bond motifs is 2. The lowest BCUT2D eigenvalue weighted by Crippen LogP contribution is -2.51. The van der Waals surface area contributed by atoms with Gasteiger partial charge in [0.05, 0.1) is 10.3 Å². The number of hydrogen-bond donors (Lipinski definition) is 1. The van der Waals surface area contributed by atoms with Gasteiger partial charge in [0, 0.05) is 30.6 Å². The van der Waals surface area contributed by atoms with Crippen molar-refractivity contribution in [2.45, 2.75) is 23.2 Å². The Labute approximate surface area is 158 Å². The van der Waals surface area contributed by atoms with E-state index in [1.165, 1.54) is 24.3 Å². The Hall–Kier alpha value is -2.67. The molecule has 1 spiro atoms. The SMILES string of the molecule is CS(=O)(=O)c1ccc(C(=O)N2CCCC3(C2)C(=O)Nc2ccccc23)cc1. The summed E-state index contributed by atoms with van der Waals surface area (Å²) in [6, 6.07) is 13.6.